The minimum atomic E-state index is 0.866. The molecule has 0 saturated heterocycles. The van der Waals surface area contributed by atoms with E-state index in [2.05, 4.69) is 51.8 Å². The topological polar surface area (TPSA) is 43.1 Å². The number of hydrogen-bond donors (Lipinski definition) is 0. The molecule has 4 heterocycles. The Morgan fingerprint density at radius 3 is 2.61 bits per heavy atom. The molecule has 0 amide bonds. The van der Waals surface area contributed by atoms with Crippen LogP contribution >= 0.6 is 0 Å². The summed E-state index contributed by atoms with van der Waals surface area (Å²) in [5.74, 6) is 0. The highest BCUT2D eigenvalue weighted by Crippen LogP contribution is 2.50. The van der Waals surface area contributed by atoms with E-state index in [1.165, 1.54) is 39.1 Å². The van der Waals surface area contributed by atoms with Crippen LogP contribution in [0.3, 0.4) is 0 Å². The highest BCUT2D eigenvalue weighted by Gasteiger charge is 2.32. The number of hydrogen-bond acceptors (Lipinski definition) is 3. The van der Waals surface area contributed by atoms with Gasteiger partial charge in [0, 0.05) is 41.3 Å². The first-order valence-corrected chi connectivity index (χ1v) is 10.6. The summed E-state index contributed by atoms with van der Waals surface area (Å²) in [7, 11) is 0. The minimum Gasteiger partial charge on any atom is -0.290 e. The molecular weight excluding hydrogens is 380 g/mol. The first-order valence-electron chi connectivity index (χ1n) is 10.6. The van der Waals surface area contributed by atoms with Crippen molar-refractivity contribution < 1.29 is 0 Å². The molecule has 31 heavy (non-hydrogen) atoms. The quantitative estimate of drug-likeness (QED) is 0.315. The molecule has 0 saturated carbocycles. The first-order chi connectivity index (χ1) is 15.4. The van der Waals surface area contributed by atoms with Crippen LogP contribution in [0.5, 0.6) is 0 Å². The number of fused-ring (bicyclic) bond motifs is 14. The third kappa shape index (κ3) is 1.84. The van der Waals surface area contributed by atoms with Gasteiger partial charge in [0.2, 0.25) is 0 Å². The molecule has 0 unspecified atom stereocenters. The fourth-order valence-electron chi connectivity index (χ4n) is 5.69. The lowest BCUT2D eigenvalue weighted by Crippen LogP contribution is -1.97. The average molecular weight is 396 g/mol. The molecule has 0 atom stereocenters. The van der Waals surface area contributed by atoms with E-state index < -0.39 is 0 Å². The number of benzene rings is 2. The minimum absolute atomic E-state index is 0.866. The Balaban J connectivity index is 1.59. The predicted octanol–water partition coefficient (Wildman–Crippen LogP) is 5.57. The van der Waals surface area contributed by atoms with Crippen molar-refractivity contribution in [2.24, 2.45) is 0 Å². The lowest BCUT2D eigenvalue weighted by atomic mass is 9.95. The fourth-order valence-corrected chi connectivity index (χ4v) is 5.69. The molecule has 2 aromatic carbocycles. The molecule has 2 aliphatic carbocycles. The Bertz CT molecular complexity index is 1740. The second-order valence-electron chi connectivity index (χ2n) is 8.50. The van der Waals surface area contributed by atoms with Gasteiger partial charge in [-0.1, -0.05) is 36.4 Å². The maximum absolute atomic E-state index is 5.16. The Labute approximate surface area is 177 Å². The van der Waals surface area contributed by atoms with Gasteiger partial charge in [-0.3, -0.25) is 14.4 Å². The van der Waals surface area contributed by atoms with Crippen molar-refractivity contribution in [1.29, 1.82) is 0 Å². The number of aromatic nitrogens is 4. The van der Waals surface area contributed by atoms with Crippen LogP contribution in [0.25, 0.3) is 49.8 Å². The normalized spacial score (nSPS) is 13.5. The van der Waals surface area contributed by atoms with Crippen molar-refractivity contribution in [3.8, 4) is 22.4 Å². The molecule has 0 fully saturated rings. The van der Waals surface area contributed by atoms with Gasteiger partial charge in [0.05, 0.1) is 22.4 Å². The van der Waals surface area contributed by atoms with E-state index in [1.54, 1.807) is 0 Å². The number of rotatable bonds is 0. The second-order valence-corrected chi connectivity index (χ2v) is 8.50. The van der Waals surface area contributed by atoms with Crippen LogP contribution < -0.4 is 0 Å². The summed E-state index contributed by atoms with van der Waals surface area (Å²) in [6.45, 7) is 0. The van der Waals surface area contributed by atoms with Gasteiger partial charge in [0.15, 0.2) is 0 Å². The van der Waals surface area contributed by atoms with Gasteiger partial charge in [-0.15, -0.1) is 0 Å². The highest BCUT2D eigenvalue weighted by molar-refractivity contribution is 6.11. The lowest BCUT2D eigenvalue weighted by Gasteiger charge is -2.13. The Morgan fingerprint density at radius 1 is 0.742 bits per heavy atom. The van der Waals surface area contributed by atoms with Crippen molar-refractivity contribution in [2.45, 2.75) is 12.8 Å². The largest absolute Gasteiger partial charge is 0.290 e. The van der Waals surface area contributed by atoms with E-state index in [0.29, 0.717) is 0 Å². The summed E-state index contributed by atoms with van der Waals surface area (Å²) in [5.41, 5.74) is 13.7. The van der Waals surface area contributed by atoms with Crippen molar-refractivity contribution in [2.75, 3.05) is 0 Å². The SMILES string of the molecule is c1ccc2c(c1)Cc1ccc3c(c1-2)-c1c(nc2c4cnccc4c4ncccc4n12)C3. The lowest BCUT2D eigenvalue weighted by molar-refractivity contribution is 1.16. The molecule has 144 valence electrons. The molecule has 6 aromatic rings. The monoisotopic (exact) mass is 396 g/mol. The molecule has 0 bridgehead atoms. The van der Waals surface area contributed by atoms with E-state index >= 15 is 0 Å². The Morgan fingerprint density at radius 2 is 1.65 bits per heavy atom. The summed E-state index contributed by atoms with van der Waals surface area (Å²) in [5, 5.41) is 2.16. The summed E-state index contributed by atoms with van der Waals surface area (Å²) in [6.07, 6.45) is 7.49. The standard InChI is InChI=1S/C27H16N4/c1-2-5-18-15(4-1)12-16-7-8-17-13-21-26(24(17)23(16)18)31-22-6-3-10-29-25(22)19-9-11-28-14-20(19)27(31)30-21/h1-11,14H,12-13H2. The van der Waals surface area contributed by atoms with Crippen molar-refractivity contribution in [3.05, 3.63) is 95.6 Å². The third-order valence-corrected chi connectivity index (χ3v) is 6.93. The van der Waals surface area contributed by atoms with Gasteiger partial charge >= 0.3 is 0 Å². The number of nitrogens with zero attached hydrogens (tertiary/aromatic N) is 4. The van der Waals surface area contributed by atoms with Gasteiger partial charge in [-0.05, 0) is 52.4 Å². The molecule has 0 radical (unpaired) electrons. The maximum atomic E-state index is 5.16. The van der Waals surface area contributed by atoms with Gasteiger partial charge in [0.1, 0.15) is 5.65 Å². The zero-order valence-corrected chi connectivity index (χ0v) is 16.6. The molecule has 0 spiro atoms. The predicted molar refractivity (Wildman–Crippen MR) is 122 cm³/mol. The smallest absolute Gasteiger partial charge is 0.147 e. The van der Waals surface area contributed by atoms with Gasteiger partial charge in [-0.2, -0.15) is 0 Å². The second kappa shape index (κ2) is 5.35. The van der Waals surface area contributed by atoms with Gasteiger partial charge < -0.3 is 0 Å². The summed E-state index contributed by atoms with van der Waals surface area (Å²) in [4.78, 5) is 14.3. The maximum Gasteiger partial charge on any atom is 0.147 e. The van der Waals surface area contributed by atoms with Crippen molar-refractivity contribution in [3.63, 3.8) is 0 Å². The summed E-state index contributed by atoms with van der Waals surface area (Å²) >= 11 is 0. The zero-order chi connectivity index (χ0) is 20.1. The van der Waals surface area contributed by atoms with Crippen LogP contribution in [-0.2, 0) is 12.8 Å². The van der Waals surface area contributed by atoms with Crippen molar-refractivity contribution >= 4 is 27.5 Å². The van der Waals surface area contributed by atoms with Crippen LogP contribution in [0.4, 0.5) is 0 Å². The van der Waals surface area contributed by atoms with Crippen LogP contribution in [0, 0.1) is 0 Å². The van der Waals surface area contributed by atoms with E-state index in [0.717, 1.165) is 46.0 Å². The zero-order valence-electron chi connectivity index (χ0n) is 16.6. The number of imidazole rings is 1. The summed E-state index contributed by atoms with van der Waals surface area (Å²) in [6, 6.07) is 19.6. The van der Waals surface area contributed by atoms with Crippen LogP contribution in [0.15, 0.2) is 73.2 Å². The van der Waals surface area contributed by atoms with Crippen molar-refractivity contribution in [1.82, 2.24) is 19.4 Å². The van der Waals surface area contributed by atoms with Gasteiger partial charge in [-0.25, -0.2) is 4.98 Å². The fraction of sp³-hybridized carbons (Fsp3) is 0.0741. The van der Waals surface area contributed by atoms with E-state index in [4.69, 9.17) is 9.97 Å². The molecule has 2 aliphatic rings. The van der Waals surface area contributed by atoms with Crippen LogP contribution in [-0.4, -0.2) is 19.4 Å². The van der Waals surface area contributed by atoms with E-state index in [-0.39, 0.29) is 0 Å². The molecule has 8 rings (SSSR count). The van der Waals surface area contributed by atoms with Crippen LogP contribution in [0.1, 0.15) is 22.4 Å². The Hall–Kier alpha value is -4.05. The molecule has 0 aliphatic heterocycles. The third-order valence-electron chi connectivity index (χ3n) is 6.93. The number of pyridine rings is 3. The summed E-state index contributed by atoms with van der Waals surface area (Å²) < 4.78 is 2.33. The molecular formula is C27H16N4. The van der Waals surface area contributed by atoms with Gasteiger partial charge in [0.25, 0.3) is 0 Å². The Kier molecular flexibility index (Phi) is 2.72. The van der Waals surface area contributed by atoms with Crippen LogP contribution in [0.2, 0.25) is 0 Å². The molecule has 4 aromatic heterocycles. The molecule has 4 heteroatoms. The van der Waals surface area contributed by atoms with E-state index in [9.17, 15) is 0 Å². The molecule has 4 nitrogen and oxygen atoms in total. The first kappa shape index (κ1) is 15.7. The molecule has 0 N–H and O–H groups in total. The average Bonchev–Trinajstić information content (AvgIpc) is 3.48. The van der Waals surface area contributed by atoms with E-state index in [1.807, 2.05) is 30.7 Å². The highest BCUT2D eigenvalue weighted by atomic mass is 15.0.